The molecule has 0 unspecified atom stereocenters. The Morgan fingerprint density at radius 1 is 0.976 bits per heavy atom. The van der Waals surface area contributed by atoms with E-state index in [4.69, 9.17) is 30.5 Å². The second-order valence-electron chi connectivity index (χ2n) is 9.03. The molecule has 0 spiro atoms. The third kappa shape index (κ3) is 10.2. The number of nitrogens with one attached hydrogen (secondary N) is 1. The maximum absolute atomic E-state index is 12.3. The van der Waals surface area contributed by atoms with Crippen LogP contribution in [-0.4, -0.2) is 53.0 Å². The van der Waals surface area contributed by atoms with E-state index in [0.29, 0.717) is 38.5 Å². The molecule has 1 amide bonds. The Morgan fingerprint density at radius 2 is 1.73 bits per heavy atom. The van der Waals surface area contributed by atoms with Crippen molar-refractivity contribution < 1.29 is 36.9 Å². The van der Waals surface area contributed by atoms with Crippen molar-refractivity contribution in [2.45, 2.75) is 25.8 Å². The lowest BCUT2D eigenvalue weighted by Crippen LogP contribution is -2.48. The minimum Gasteiger partial charge on any atom is -0.496 e. The van der Waals surface area contributed by atoms with Gasteiger partial charge in [-0.1, -0.05) is 35.9 Å². The van der Waals surface area contributed by atoms with Gasteiger partial charge in [0.1, 0.15) is 11.5 Å². The first-order valence-corrected chi connectivity index (χ1v) is 13.4. The Labute approximate surface area is 243 Å². The van der Waals surface area contributed by atoms with Crippen LogP contribution < -0.4 is 19.7 Å². The normalized spacial score (nSPS) is 13.4. The van der Waals surface area contributed by atoms with Gasteiger partial charge in [0.05, 0.1) is 50.7 Å². The summed E-state index contributed by atoms with van der Waals surface area (Å²) in [5.74, 6) is 1.74. The molecule has 11 heteroatoms. The quantitative estimate of drug-likeness (QED) is 0.270. The van der Waals surface area contributed by atoms with Gasteiger partial charge in [-0.15, -0.1) is 0 Å². The van der Waals surface area contributed by atoms with Gasteiger partial charge in [-0.25, -0.2) is 0 Å². The fraction of sp³-hybridized carbons (Fsp3) is 0.367. The number of carbonyl (C=O) groups is 1. The van der Waals surface area contributed by atoms with Gasteiger partial charge < -0.3 is 29.2 Å². The molecule has 41 heavy (non-hydrogen) atoms. The highest BCUT2D eigenvalue weighted by Gasteiger charge is 2.33. The number of hydrogen-bond acceptors (Lipinski definition) is 6. The van der Waals surface area contributed by atoms with Gasteiger partial charge in [-0.2, -0.15) is 13.2 Å². The van der Waals surface area contributed by atoms with Crippen LogP contribution in [0.2, 0.25) is 5.02 Å². The van der Waals surface area contributed by atoms with Crippen LogP contribution >= 0.6 is 11.6 Å². The maximum Gasteiger partial charge on any atom is 0.417 e. The first kappa shape index (κ1) is 32.2. The van der Waals surface area contributed by atoms with Crippen LogP contribution in [0, 0.1) is 0 Å². The van der Waals surface area contributed by atoms with Crippen molar-refractivity contribution in [1.82, 2.24) is 5.32 Å². The zero-order chi connectivity index (χ0) is 29.7. The van der Waals surface area contributed by atoms with E-state index in [1.54, 1.807) is 12.0 Å². The van der Waals surface area contributed by atoms with Crippen LogP contribution in [0.15, 0.2) is 66.7 Å². The largest absolute Gasteiger partial charge is 0.496 e. The number of hydrogen-bond donors (Lipinski definition) is 1. The molecule has 1 N–H and O–H groups in total. The third-order valence-corrected chi connectivity index (χ3v) is 6.37. The number of amides is 1. The van der Waals surface area contributed by atoms with Gasteiger partial charge in [0.25, 0.3) is 0 Å². The number of anilines is 1. The van der Waals surface area contributed by atoms with E-state index in [0.717, 1.165) is 41.8 Å². The molecular formula is C30H34ClF3N2O5. The summed E-state index contributed by atoms with van der Waals surface area (Å²) in [6, 6.07) is 19.2. The smallest absolute Gasteiger partial charge is 0.417 e. The minimum atomic E-state index is -4.42. The number of carbonyl (C=O) groups excluding carboxylic acids is 1. The second-order valence-corrected chi connectivity index (χ2v) is 9.43. The SMILES string of the molecule is COCc1ccc(Cl)c(C(F)(F)F)c1.COc1ccccc1COCCCOc1ccc(N2CCNCC2=O)cc1. The lowest BCUT2D eigenvalue weighted by molar-refractivity contribution is -0.137. The average Bonchev–Trinajstić information content (AvgIpc) is 2.96. The van der Waals surface area contributed by atoms with Crippen molar-refractivity contribution in [3.8, 4) is 11.5 Å². The number of methoxy groups -OCH3 is 2. The topological polar surface area (TPSA) is 69.3 Å². The fourth-order valence-electron chi connectivity index (χ4n) is 4.00. The number of piperazine rings is 1. The molecule has 1 heterocycles. The summed E-state index contributed by atoms with van der Waals surface area (Å²) in [5, 5.41) is 2.78. The first-order valence-electron chi connectivity index (χ1n) is 13.0. The lowest BCUT2D eigenvalue weighted by Gasteiger charge is -2.27. The van der Waals surface area contributed by atoms with E-state index in [1.165, 1.54) is 19.2 Å². The molecule has 3 aromatic carbocycles. The van der Waals surface area contributed by atoms with Crippen LogP contribution in [-0.2, 0) is 33.7 Å². The number of ether oxygens (including phenoxy) is 4. The maximum atomic E-state index is 12.3. The van der Waals surface area contributed by atoms with E-state index < -0.39 is 11.7 Å². The summed E-state index contributed by atoms with van der Waals surface area (Å²) in [6.45, 7) is 3.77. The summed E-state index contributed by atoms with van der Waals surface area (Å²) < 4.78 is 58.5. The highest BCUT2D eigenvalue weighted by molar-refractivity contribution is 6.31. The van der Waals surface area contributed by atoms with E-state index in [9.17, 15) is 18.0 Å². The third-order valence-electron chi connectivity index (χ3n) is 6.04. The summed E-state index contributed by atoms with van der Waals surface area (Å²) in [6.07, 6.45) is -3.62. The van der Waals surface area contributed by atoms with Crippen molar-refractivity contribution in [2.24, 2.45) is 0 Å². The highest BCUT2D eigenvalue weighted by atomic mass is 35.5. The molecule has 1 aliphatic rings. The van der Waals surface area contributed by atoms with Gasteiger partial charge in [0.15, 0.2) is 0 Å². The minimum absolute atomic E-state index is 0.0992. The number of benzene rings is 3. The number of para-hydroxylation sites is 1. The molecule has 222 valence electrons. The summed E-state index contributed by atoms with van der Waals surface area (Å²) >= 11 is 5.42. The molecule has 1 aliphatic heterocycles. The zero-order valence-corrected chi connectivity index (χ0v) is 23.8. The van der Waals surface area contributed by atoms with E-state index >= 15 is 0 Å². The van der Waals surface area contributed by atoms with E-state index in [1.807, 2.05) is 48.5 Å². The number of nitrogens with zero attached hydrogens (tertiary/aromatic N) is 1. The molecule has 1 fully saturated rings. The highest BCUT2D eigenvalue weighted by Crippen LogP contribution is 2.35. The molecule has 4 rings (SSSR count). The van der Waals surface area contributed by atoms with Crippen molar-refractivity contribution >= 4 is 23.2 Å². The number of halogens is 4. The van der Waals surface area contributed by atoms with Crippen LogP contribution in [0.25, 0.3) is 0 Å². The first-order chi connectivity index (χ1) is 19.7. The molecule has 1 saturated heterocycles. The molecule has 0 aromatic heterocycles. The average molecular weight is 595 g/mol. The summed E-state index contributed by atoms with van der Waals surface area (Å²) in [4.78, 5) is 13.7. The van der Waals surface area contributed by atoms with Crippen LogP contribution in [0.1, 0.15) is 23.1 Å². The Kier molecular flexibility index (Phi) is 12.7. The van der Waals surface area contributed by atoms with Gasteiger partial charge in [0.2, 0.25) is 5.91 Å². The molecule has 0 radical (unpaired) electrons. The number of alkyl halides is 3. The molecule has 7 nitrogen and oxygen atoms in total. The van der Waals surface area contributed by atoms with Crippen molar-refractivity contribution in [3.05, 3.63) is 88.4 Å². The van der Waals surface area contributed by atoms with Gasteiger partial charge >= 0.3 is 6.18 Å². The van der Waals surface area contributed by atoms with E-state index in [-0.39, 0.29) is 17.5 Å². The molecule has 3 aromatic rings. The molecule has 0 bridgehead atoms. The molecule has 0 atom stereocenters. The predicted molar refractivity (Wildman–Crippen MR) is 152 cm³/mol. The van der Waals surface area contributed by atoms with Gasteiger partial charge in [0, 0.05) is 37.9 Å². The fourth-order valence-corrected chi connectivity index (χ4v) is 4.23. The van der Waals surface area contributed by atoms with Crippen molar-refractivity contribution in [1.29, 1.82) is 0 Å². The second kappa shape index (κ2) is 16.2. The Hall–Kier alpha value is -3.31. The Bertz CT molecular complexity index is 1240. The molecular weight excluding hydrogens is 561 g/mol. The molecule has 0 aliphatic carbocycles. The lowest BCUT2D eigenvalue weighted by atomic mass is 10.1. The summed E-state index contributed by atoms with van der Waals surface area (Å²) in [7, 11) is 3.08. The van der Waals surface area contributed by atoms with Gasteiger partial charge in [-0.05, 0) is 48.0 Å². The molecule has 0 saturated carbocycles. The van der Waals surface area contributed by atoms with Crippen molar-refractivity contribution in [3.63, 3.8) is 0 Å². The van der Waals surface area contributed by atoms with Crippen LogP contribution in [0.3, 0.4) is 0 Å². The Balaban J connectivity index is 0.000000278. The standard InChI is InChI=1S/C21H26N2O4.C9H8ClF3O/c1-25-20-6-3-2-5-17(20)16-26-13-4-14-27-19-9-7-18(8-10-19)23-12-11-22-15-21(23)24;1-14-5-6-2-3-8(10)7(4-6)9(11,12)13/h2-3,5-10,22H,4,11-16H2,1H3;2-4H,5H2,1H3. The van der Waals surface area contributed by atoms with E-state index in [2.05, 4.69) is 5.32 Å². The predicted octanol–water partition coefficient (Wildman–Crippen LogP) is 6.12. The van der Waals surface area contributed by atoms with Crippen LogP contribution in [0.4, 0.5) is 18.9 Å². The Morgan fingerprint density at radius 3 is 2.41 bits per heavy atom. The van der Waals surface area contributed by atoms with Crippen LogP contribution in [0.5, 0.6) is 11.5 Å². The summed E-state index contributed by atoms with van der Waals surface area (Å²) in [5.41, 5.74) is 1.57. The monoisotopic (exact) mass is 594 g/mol. The number of rotatable bonds is 11. The zero-order valence-electron chi connectivity index (χ0n) is 23.0. The van der Waals surface area contributed by atoms with Gasteiger partial charge in [-0.3, -0.25) is 4.79 Å². The van der Waals surface area contributed by atoms with Crippen molar-refractivity contribution in [2.75, 3.05) is 52.0 Å².